The highest BCUT2D eigenvalue weighted by molar-refractivity contribution is 5.92. The number of carbonyl (C=O) groups is 1. The van der Waals surface area contributed by atoms with E-state index in [0.29, 0.717) is 6.42 Å². The Morgan fingerprint density at radius 2 is 2.19 bits per heavy atom. The number of nitrogens with two attached hydrogens (primary N) is 1. The minimum Gasteiger partial charge on any atom is -0.327 e. The van der Waals surface area contributed by atoms with Crippen LogP contribution in [0.5, 0.6) is 0 Å². The van der Waals surface area contributed by atoms with E-state index in [1.165, 1.54) is 0 Å². The number of amides is 1. The summed E-state index contributed by atoms with van der Waals surface area (Å²) in [6.45, 7) is 5.77. The van der Waals surface area contributed by atoms with E-state index < -0.39 is 0 Å². The molecule has 0 aliphatic heterocycles. The van der Waals surface area contributed by atoms with Crippen molar-refractivity contribution in [2.24, 2.45) is 12.8 Å². The predicted octanol–water partition coefficient (Wildman–Crippen LogP) is 1.10. The van der Waals surface area contributed by atoms with Gasteiger partial charge in [-0.3, -0.25) is 9.48 Å². The van der Waals surface area contributed by atoms with Gasteiger partial charge in [-0.25, -0.2) is 0 Å². The quantitative estimate of drug-likeness (QED) is 0.804. The highest BCUT2D eigenvalue weighted by Gasteiger charge is 2.13. The largest absolute Gasteiger partial charge is 0.327 e. The van der Waals surface area contributed by atoms with Gasteiger partial charge in [0.1, 0.15) is 0 Å². The van der Waals surface area contributed by atoms with E-state index >= 15 is 0 Å². The molecule has 5 heteroatoms. The highest BCUT2D eigenvalue weighted by Crippen LogP contribution is 2.18. The summed E-state index contributed by atoms with van der Waals surface area (Å²) in [5.41, 5.74) is 8.32. The zero-order valence-corrected chi connectivity index (χ0v) is 10.4. The third kappa shape index (κ3) is 2.82. The van der Waals surface area contributed by atoms with E-state index in [-0.39, 0.29) is 11.9 Å². The molecule has 0 aliphatic carbocycles. The normalized spacial score (nSPS) is 12.6. The number of nitrogens with zero attached hydrogens (tertiary/aromatic N) is 2. The molecule has 16 heavy (non-hydrogen) atoms. The van der Waals surface area contributed by atoms with Gasteiger partial charge in [-0.15, -0.1) is 0 Å². The molecule has 0 bridgehead atoms. The van der Waals surface area contributed by atoms with Crippen molar-refractivity contribution in [2.45, 2.75) is 39.7 Å². The van der Waals surface area contributed by atoms with Gasteiger partial charge in [0.05, 0.1) is 17.1 Å². The van der Waals surface area contributed by atoms with Gasteiger partial charge < -0.3 is 11.1 Å². The van der Waals surface area contributed by atoms with Crippen LogP contribution in [0.4, 0.5) is 5.69 Å². The molecule has 1 unspecified atom stereocenters. The lowest BCUT2D eigenvalue weighted by Crippen LogP contribution is -2.26. The number of hydrogen-bond donors (Lipinski definition) is 2. The Morgan fingerprint density at radius 3 is 2.62 bits per heavy atom. The minimum atomic E-state index is -0.0720. The van der Waals surface area contributed by atoms with E-state index in [1.54, 1.807) is 4.68 Å². The van der Waals surface area contributed by atoms with Crippen molar-refractivity contribution in [3.05, 3.63) is 11.4 Å². The standard InChI is InChI=1S/C11H20N4O/c1-5-9(12)6-10(16)13-11-7(2)14-15(4)8(11)3/h9H,5-6,12H2,1-4H3,(H,13,16). The molecular formula is C11H20N4O. The van der Waals surface area contributed by atoms with Crippen molar-refractivity contribution in [3.63, 3.8) is 0 Å². The number of anilines is 1. The Bertz CT molecular complexity index is 384. The smallest absolute Gasteiger partial charge is 0.226 e. The number of nitrogens with one attached hydrogen (secondary N) is 1. The first-order chi connectivity index (χ1) is 7.45. The fourth-order valence-electron chi connectivity index (χ4n) is 1.53. The molecule has 0 spiro atoms. The van der Waals surface area contributed by atoms with Gasteiger partial charge in [-0.2, -0.15) is 5.10 Å². The molecule has 0 fully saturated rings. The van der Waals surface area contributed by atoms with Gasteiger partial charge in [0.2, 0.25) is 5.91 Å². The highest BCUT2D eigenvalue weighted by atomic mass is 16.1. The van der Waals surface area contributed by atoms with Crippen LogP contribution in [0.25, 0.3) is 0 Å². The molecule has 1 aromatic rings. The van der Waals surface area contributed by atoms with Crippen LogP contribution in [-0.4, -0.2) is 21.7 Å². The summed E-state index contributed by atoms with van der Waals surface area (Å²) in [5.74, 6) is -0.0476. The Morgan fingerprint density at radius 1 is 1.56 bits per heavy atom. The number of rotatable bonds is 4. The van der Waals surface area contributed by atoms with Gasteiger partial charge >= 0.3 is 0 Å². The zero-order chi connectivity index (χ0) is 12.3. The first kappa shape index (κ1) is 12.7. The molecule has 5 nitrogen and oxygen atoms in total. The second-order valence-corrected chi connectivity index (χ2v) is 4.09. The summed E-state index contributed by atoms with van der Waals surface area (Å²) in [6, 6.07) is -0.0720. The SMILES string of the molecule is CCC(N)CC(=O)Nc1c(C)nn(C)c1C. The van der Waals surface area contributed by atoms with Crippen LogP contribution >= 0.6 is 0 Å². The predicted molar refractivity (Wildman–Crippen MR) is 64.2 cm³/mol. The lowest BCUT2D eigenvalue weighted by molar-refractivity contribution is -0.116. The molecule has 1 atom stereocenters. The molecule has 1 rings (SSSR count). The maximum atomic E-state index is 11.7. The summed E-state index contributed by atoms with van der Waals surface area (Å²) in [7, 11) is 1.86. The van der Waals surface area contributed by atoms with Crippen LogP contribution in [-0.2, 0) is 11.8 Å². The van der Waals surface area contributed by atoms with Crippen LogP contribution in [0.15, 0.2) is 0 Å². The van der Waals surface area contributed by atoms with Gasteiger partial charge in [-0.1, -0.05) is 6.92 Å². The van der Waals surface area contributed by atoms with Crippen molar-refractivity contribution >= 4 is 11.6 Å². The molecule has 0 saturated carbocycles. The van der Waals surface area contributed by atoms with E-state index in [1.807, 2.05) is 27.8 Å². The molecule has 0 radical (unpaired) electrons. The molecule has 0 aliphatic rings. The summed E-state index contributed by atoms with van der Waals surface area (Å²) < 4.78 is 1.75. The van der Waals surface area contributed by atoms with Crippen LogP contribution in [0.2, 0.25) is 0 Å². The Hall–Kier alpha value is -1.36. The fraction of sp³-hybridized carbons (Fsp3) is 0.636. The van der Waals surface area contributed by atoms with Gasteiger partial charge in [-0.05, 0) is 20.3 Å². The average Bonchev–Trinajstić information content (AvgIpc) is 2.45. The topological polar surface area (TPSA) is 72.9 Å². The Kier molecular flexibility index (Phi) is 4.06. The van der Waals surface area contributed by atoms with Crippen molar-refractivity contribution in [2.75, 3.05) is 5.32 Å². The monoisotopic (exact) mass is 224 g/mol. The second kappa shape index (κ2) is 5.12. The van der Waals surface area contributed by atoms with Crippen LogP contribution in [0, 0.1) is 13.8 Å². The summed E-state index contributed by atoms with van der Waals surface area (Å²) >= 11 is 0. The Balaban J connectivity index is 2.70. The lowest BCUT2D eigenvalue weighted by atomic mass is 10.1. The number of carbonyl (C=O) groups excluding carboxylic acids is 1. The van der Waals surface area contributed by atoms with Crippen molar-refractivity contribution < 1.29 is 4.79 Å². The summed E-state index contributed by atoms with van der Waals surface area (Å²) in [6.07, 6.45) is 1.16. The number of aryl methyl sites for hydroxylation is 2. The van der Waals surface area contributed by atoms with E-state index in [4.69, 9.17) is 5.73 Å². The van der Waals surface area contributed by atoms with Crippen molar-refractivity contribution in [3.8, 4) is 0 Å². The molecule has 90 valence electrons. The third-order valence-corrected chi connectivity index (χ3v) is 2.75. The van der Waals surface area contributed by atoms with Gasteiger partial charge in [0, 0.05) is 19.5 Å². The van der Waals surface area contributed by atoms with E-state index in [9.17, 15) is 4.79 Å². The number of hydrogen-bond acceptors (Lipinski definition) is 3. The fourth-order valence-corrected chi connectivity index (χ4v) is 1.53. The van der Waals surface area contributed by atoms with E-state index in [2.05, 4.69) is 10.4 Å². The van der Waals surface area contributed by atoms with Gasteiger partial charge in [0.25, 0.3) is 0 Å². The van der Waals surface area contributed by atoms with Gasteiger partial charge in [0.15, 0.2) is 0 Å². The van der Waals surface area contributed by atoms with Crippen molar-refractivity contribution in [1.82, 2.24) is 9.78 Å². The van der Waals surface area contributed by atoms with Crippen LogP contribution in [0.3, 0.4) is 0 Å². The van der Waals surface area contributed by atoms with E-state index in [0.717, 1.165) is 23.5 Å². The molecule has 0 saturated heterocycles. The van der Waals surface area contributed by atoms with Crippen molar-refractivity contribution in [1.29, 1.82) is 0 Å². The number of aromatic nitrogens is 2. The lowest BCUT2D eigenvalue weighted by Gasteiger charge is -2.09. The molecule has 3 N–H and O–H groups in total. The minimum absolute atomic E-state index is 0.0476. The van der Waals surface area contributed by atoms with Crippen LogP contribution in [0.1, 0.15) is 31.2 Å². The molecule has 1 heterocycles. The zero-order valence-electron chi connectivity index (χ0n) is 10.4. The second-order valence-electron chi connectivity index (χ2n) is 4.09. The molecular weight excluding hydrogens is 204 g/mol. The average molecular weight is 224 g/mol. The first-order valence-corrected chi connectivity index (χ1v) is 5.51. The molecule has 0 aromatic carbocycles. The maximum absolute atomic E-state index is 11.7. The molecule has 1 amide bonds. The Labute approximate surface area is 96.0 Å². The summed E-state index contributed by atoms with van der Waals surface area (Å²) in [4.78, 5) is 11.7. The molecule has 1 aromatic heterocycles. The first-order valence-electron chi connectivity index (χ1n) is 5.51. The summed E-state index contributed by atoms with van der Waals surface area (Å²) in [5, 5.41) is 7.10. The van der Waals surface area contributed by atoms with Crippen LogP contribution < -0.4 is 11.1 Å². The third-order valence-electron chi connectivity index (χ3n) is 2.75. The maximum Gasteiger partial charge on any atom is 0.226 e.